The molecule has 8 nitrogen and oxygen atoms in total. The molecule has 3 aromatic rings. The summed E-state index contributed by atoms with van der Waals surface area (Å²) < 4.78 is 15.2. The van der Waals surface area contributed by atoms with Crippen molar-refractivity contribution in [2.24, 2.45) is 0 Å². The molecular weight excluding hydrogens is 460 g/mol. The minimum absolute atomic E-state index is 0.409. The zero-order chi connectivity index (χ0) is 25.3. The maximum absolute atomic E-state index is 12.3. The van der Waals surface area contributed by atoms with E-state index in [4.69, 9.17) is 9.47 Å². The molecule has 0 unspecified atom stereocenters. The monoisotopic (exact) mass is 488 g/mol. The Hall–Kier alpha value is -4.17. The number of nitrogens with zero attached hydrogens (tertiary/aromatic N) is 1. The van der Waals surface area contributed by atoms with Gasteiger partial charge in [0.05, 0.1) is 12.8 Å². The topological polar surface area (TPSA) is 94.2 Å². The molecule has 186 valence electrons. The van der Waals surface area contributed by atoms with Crippen LogP contribution < -0.4 is 10.1 Å². The quantitative estimate of drug-likeness (QED) is 0.307. The maximum atomic E-state index is 12.3. The molecule has 0 aliphatic carbocycles. The first kappa shape index (κ1) is 24.9. The zero-order valence-electron chi connectivity index (χ0n) is 20.0. The number of esters is 2. The summed E-state index contributed by atoms with van der Waals surface area (Å²) in [6.45, 7) is 2.17. The first-order valence-electron chi connectivity index (χ1n) is 11.8. The minimum atomic E-state index is -1.34. The van der Waals surface area contributed by atoms with Crippen molar-refractivity contribution in [2.75, 3.05) is 25.5 Å². The van der Waals surface area contributed by atoms with E-state index in [1.807, 2.05) is 66.7 Å². The maximum Gasteiger partial charge on any atom is 0.426 e. The van der Waals surface area contributed by atoms with Gasteiger partial charge < -0.3 is 14.2 Å². The number of piperidine rings is 1. The second-order valence-corrected chi connectivity index (χ2v) is 8.45. The summed E-state index contributed by atoms with van der Waals surface area (Å²) in [6.07, 6.45) is -0.291. The van der Waals surface area contributed by atoms with Crippen LogP contribution >= 0.6 is 0 Å². The summed E-state index contributed by atoms with van der Waals surface area (Å²) in [5.74, 6) is -1.71. The molecule has 1 heterocycles. The molecule has 3 aromatic carbocycles. The molecule has 1 amide bonds. The van der Waals surface area contributed by atoms with E-state index in [0.717, 1.165) is 29.0 Å². The number of methoxy groups -OCH3 is 1. The van der Waals surface area contributed by atoms with Gasteiger partial charge in [-0.2, -0.15) is 0 Å². The van der Waals surface area contributed by atoms with Crippen LogP contribution in [0.1, 0.15) is 18.4 Å². The standard InChI is InChI=1S/C28H28N2O6/c1-34-23-11-7-8-20(18-23)19-30-16-14-22(15-17-30)35-26(31)27(32)36-28(33)29-25-13-6-5-12-24(25)21-9-3-2-4-10-21/h2-13,18,22H,14-17,19H2,1H3,(H,29,33). The SMILES string of the molecule is COc1cccc(CN2CCC(OC(=O)C(=O)OC(=O)Nc3ccccc3-c3ccccc3)CC2)c1. The van der Waals surface area contributed by atoms with Gasteiger partial charge in [0.1, 0.15) is 11.9 Å². The number of anilines is 1. The molecule has 1 saturated heterocycles. The van der Waals surface area contributed by atoms with E-state index in [9.17, 15) is 14.4 Å². The summed E-state index contributed by atoms with van der Waals surface area (Å²) >= 11 is 0. The van der Waals surface area contributed by atoms with E-state index in [0.29, 0.717) is 31.6 Å². The predicted octanol–water partition coefficient (Wildman–Crippen LogP) is 4.65. The van der Waals surface area contributed by atoms with Crippen LogP contribution in [-0.2, 0) is 25.6 Å². The predicted molar refractivity (Wildman–Crippen MR) is 134 cm³/mol. The summed E-state index contributed by atoms with van der Waals surface area (Å²) in [6, 6.07) is 24.4. The van der Waals surface area contributed by atoms with Crippen molar-refractivity contribution in [2.45, 2.75) is 25.5 Å². The van der Waals surface area contributed by atoms with Crippen molar-refractivity contribution in [3.05, 3.63) is 84.4 Å². The van der Waals surface area contributed by atoms with Gasteiger partial charge in [-0.05, 0) is 42.2 Å². The molecule has 1 N–H and O–H groups in total. The number of likely N-dealkylation sites (tertiary alicyclic amines) is 1. The molecule has 0 atom stereocenters. The van der Waals surface area contributed by atoms with Gasteiger partial charge in [0.2, 0.25) is 0 Å². The highest BCUT2D eigenvalue weighted by Crippen LogP contribution is 2.27. The number of hydrogen-bond acceptors (Lipinski definition) is 7. The van der Waals surface area contributed by atoms with Crippen molar-refractivity contribution in [1.29, 1.82) is 0 Å². The van der Waals surface area contributed by atoms with Gasteiger partial charge in [-0.15, -0.1) is 0 Å². The third kappa shape index (κ3) is 6.70. The fourth-order valence-electron chi connectivity index (χ4n) is 4.14. The number of rotatable bonds is 6. The smallest absolute Gasteiger partial charge is 0.426 e. The highest BCUT2D eigenvalue weighted by Gasteiger charge is 2.28. The number of nitrogens with one attached hydrogen (secondary N) is 1. The average molecular weight is 489 g/mol. The second kappa shape index (κ2) is 12.0. The van der Waals surface area contributed by atoms with Crippen LogP contribution in [0.3, 0.4) is 0 Å². The highest BCUT2D eigenvalue weighted by molar-refractivity contribution is 6.31. The summed E-state index contributed by atoms with van der Waals surface area (Å²) in [5.41, 5.74) is 3.23. The molecule has 1 aliphatic heterocycles. The number of benzene rings is 3. The van der Waals surface area contributed by atoms with E-state index in [1.165, 1.54) is 0 Å². The molecule has 0 spiro atoms. The van der Waals surface area contributed by atoms with E-state index in [-0.39, 0.29) is 0 Å². The molecule has 8 heteroatoms. The van der Waals surface area contributed by atoms with Gasteiger partial charge in [0.15, 0.2) is 0 Å². The number of hydrogen-bond donors (Lipinski definition) is 1. The van der Waals surface area contributed by atoms with Crippen LogP contribution in [0.4, 0.5) is 10.5 Å². The Bertz CT molecular complexity index is 1210. The number of para-hydroxylation sites is 1. The largest absolute Gasteiger partial charge is 0.497 e. The molecule has 0 bridgehead atoms. The molecule has 1 aliphatic rings. The lowest BCUT2D eigenvalue weighted by molar-refractivity contribution is -0.168. The third-order valence-corrected chi connectivity index (χ3v) is 5.95. The number of carbonyl (C=O) groups is 3. The molecule has 36 heavy (non-hydrogen) atoms. The Morgan fingerprint density at radius 2 is 1.61 bits per heavy atom. The molecule has 0 aromatic heterocycles. The molecule has 1 fully saturated rings. The van der Waals surface area contributed by atoms with Gasteiger partial charge in [0, 0.05) is 25.2 Å². The van der Waals surface area contributed by atoms with Crippen molar-refractivity contribution >= 4 is 23.7 Å². The van der Waals surface area contributed by atoms with Crippen molar-refractivity contribution in [3.63, 3.8) is 0 Å². The average Bonchev–Trinajstić information content (AvgIpc) is 2.90. The highest BCUT2D eigenvalue weighted by atomic mass is 16.6. The lowest BCUT2D eigenvalue weighted by Crippen LogP contribution is -2.39. The van der Waals surface area contributed by atoms with Crippen LogP contribution in [0.15, 0.2) is 78.9 Å². The minimum Gasteiger partial charge on any atom is -0.497 e. The number of amides is 1. The first-order valence-corrected chi connectivity index (χ1v) is 11.8. The third-order valence-electron chi connectivity index (χ3n) is 5.95. The Morgan fingerprint density at radius 1 is 0.889 bits per heavy atom. The van der Waals surface area contributed by atoms with Crippen molar-refractivity contribution in [3.8, 4) is 16.9 Å². The lowest BCUT2D eigenvalue weighted by Gasteiger charge is -2.31. The van der Waals surface area contributed by atoms with Crippen molar-refractivity contribution < 1.29 is 28.6 Å². The van der Waals surface area contributed by atoms with Gasteiger partial charge in [-0.25, -0.2) is 14.4 Å². The normalized spacial score (nSPS) is 14.0. The van der Waals surface area contributed by atoms with Gasteiger partial charge in [-0.3, -0.25) is 10.2 Å². The van der Waals surface area contributed by atoms with E-state index < -0.39 is 24.1 Å². The molecule has 4 rings (SSSR count). The van der Waals surface area contributed by atoms with Crippen LogP contribution in [-0.4, -0.2) is 49.2 Å². The first-order chi connectivity index (χ1) is 17.5. The number of ether oxygens (including phenoxy) is 3. The van der Waals surface area contributed by atoms with Crippen LogP contribution in [0.25, 0.3) is 11.1 Å². The zero-order valence-corrected chi connectivity index (χ0v) is 20.0. The van der Waals surface area contributed by atoms with Crippen LogP contribution in [0, 0.1) is 0 Å². The van der Waals surface area contributed by atoms with Crippen LogP contribution in [0.2, 0.25) is 0 Å². The van der Waals surface area contributed by atoms with Gasteiger partial charge >= 0.3 is 18.0 Å². The Kier molecular flexibility index (Phi) is 8.31. The van der Waals surface area contributed by atoms with Gasteiger partial charge in [0.25, 0.3) is 0 Å². The Morgan fingerprint density at radius 3 is 2.36 bits per heavy atom. The molecule has 0 radical (unpaired) electrons. The lowest BCUT2D eigenvalue weighted by atomic mass is 10.0. The Balaban J connectivity index is 1.24. The van der Waals surface area contributed by atoms with E-state index in [2.05, 4.69) is 15.0 Å². The van der Waals surface area contributed by atoms with E-state index in [1.54, 1.807) is 19.2 Å². The van der Waals surface area contributed by atoms with Gasteiger partial charge in [-0.1, -0.05) is 60.7 Å². The van der Waals surface area contributed by atoms with E-state index >= 15 is 0 Å². The number of carbonyl (C=O) groups excluding carboxylic acids is 3. The van der Waals surface area contributed by atoms with Crippen LogP contribution in [0.5, 0.6) is 5.75 Å². The fraction of sp³-hybridized carbons (Fsp3) is 0.250. The Labute approximate surface area is 209 Å². The molecular formula is C28H28N2O6. The molecule has 0 saturated carbocycles. The second-order valence-electron chi connectivity index (χ2n) is 8.45. The fourth-order valence-corrected chi connectivity index (χ4v) is 4.14. The van der Waals surface area contributed by atoms with Crippen molar-refractivity contribution in [1.82, 2.24) is 4.90 Å². The summed E-state index contributed by atoms with van der Waals surface area (Å²) in [4.78, 5) is 38.9. The summed E-state index contributed by atoms with van der Waals surface area (Å²) in [5, 5.41) is 2.53. The summed E-state index contributed by atoms with van der Waals surface area (Å²) in [7, 11) is 1.64.